The van der Waals surface area contributed by atoms with Crippen LogP contribution >= 0.6 is 23.2 Å². The average Bonchev–Trinajstić information content (AvgIpc) is 2.33. The molecule has 1 aromatic carbocycles. The third-order valence-corrected chi connectivity index (χ3v) is 2.43. The molecule has 104 valence electrons. The molecule has 1 N–H and O–H groups in total. The Balaban J connectivity index is 2.77. The number of carbonyl (C=O) groups is 1. The van der Waals surface area contributed by atoms with Gasteiger partial charge in [-0.15, -0.1) is 11.6 Å². The number of hydrogen-bond donors (Lipinski definition) is 1. The van der Waals surface area contributed by atoms with Crippen molar-refractivity contribution in [3.05, 3.63) is 33.1 Å². The predicted octanol–water partition coefficient (Wildman–Crippen LogP) is 2.58. The zero-order valence-electron chi connectivity index (χ0n) is 9.49. The minimum absolute atomic E-state index is 0.0655. The van der Waals surface area contributed by atoms with Gasteiger partial charge in [0, 0.05) is 18.0 Å². The number of hydrogen-bond acceptors (Lipinski definition) is 4. The molecule has 0 aliphatic heterocycles. The standard InChI is InChI=1S/C10H9Cl2FN2O4/c11-1-2-19-5-10(16)14-8-4-7(13)9(15(17)18)3-6(8)12/h3-4H,1-2,5H2,(H,14,16). The SMILES string of the molecule is O=C(COCCCl)Nc1cc(F)c([N+](=O)[O-])cc1Cl. The molecular formula is C10H9Cl2FN2O4. The van der Waals surface area contributed by atoms with Gasteiger partial charge in [0.05, 0.1) is 22.2 Å². The molecule has 0 heterocycles. The third-order valence-electron chi connectivity index (χ3n) is 1.96. The van der Waals surface area contributed by atoms with Crippen LogP contribution in [-0.2, 0) is 9.53 Å². The summed E-state index contributed by atoms with van der Waals surface area (Å²) in [5.74, 6) is -1.42. The van der Waals surface area contributed by atoms with Gasteiger partial charge in [0.1, 0.15) is 6.61 Å². The van der Waals surface area contributed by atoms with Gasteiger partial charge in [0.2, 0.25) is 11.7 Å². The maximum absolute atomic E-state index is 13.3. The van der Waals surface area contributed by atoms with E-state index in [1.54, 1.807) is 0 Å². The number of ether oxygens (including phenoxy) is 1. The summed E-state index contributed by atoms with van der Waals surface area (Å²) in [5.41, 5.74) is -0.828. The summed E-state index contributed by atoms with van der Waals surface area (Å²) >= 11 is 11.1. The van der Waals surface area contributed by atoms with E-state index in [1.807, 2.05) is 0 Å². The smallest absolute Gasteiger partial charge is 0.306 e. The topological polar surface area (TPSA) is 81.5 Å². The van der Waals surface area contributed by atoms with Crippen molar-refractivity contribution in [2.45, 2.75) is 0 Å². The zero-order chi connectivity index (χ0) is 14.4. The molecule has 0 saturated heterocycles. The summed E-state index contributed by atoms with van der Waals surface area (Å²) < 4.78 is 18.2. The molecule has 0 radical (unpaired) electrons. The van der Waals surface area contributed by atoms with E-state index in [-0.39, 0.29) is 29.8 Å². The van der Waals surface area contributed by atoms with Gasteiger partial charge in [-0.3, -0.25) is 14.9 Å². The van der Waals surface area contributed by atoms with E-state index < -0.39 is 22.3 Å². The molecule has 0 saturated carbocycles. The summed E-state index contributed by atoms with van der Waals surface area (Å²) in [7, 11) is 0. The Hall–Kier alpha value is -1.44. The fraction of sp³-hybridized carbons (Fsp3) is 0.300. The molecule has 19 heavy (non-hydrogen) atoms. The molecule has 0 fully saturated rings. The van der Waals surface area contributed by atoms with Crippen LogP contribution in [0.1, 0.15) is 0 Å². The van der Waals surface area contributed by atoms with Crippen LogP contribution in [0, 0.1) is 15.9 Å². The van der Waals surface area contributed by atoms with Crippen LogP contribution in [0.15, 0.2) is 12.1 Å². The first-order valence-electron chi connectivity index (χ1n) is 5.02. The highest BCUT2D eigenvalue weighted by molar-refractivity contribution is 6.34. The van der Waals surface area contributed by atoms with Crippen molar-refractivity contribution in [2.24, 2.45) is 0 Å². The molecule has 0 bridgehead atoms. The first-order chi connectivity index (χ1) is 8.95. The van der Waals surface area contributed by atoms with Crippen LogP contribution in [0.5, 0.6) is 0 Å². The highest BCUT2D eigenvalue weighted by Crippen LogP contribution is 2.29. The van der Waals surface area contributed by atoms with Gasteiger partial charge in [0.15, 0.2) is 0 Å². The van der Waals surface area contributed by atoms with Crippen LogP contribution in [0.4, 0.5) is 15.8 Å². The van der Waals surface area contributed by atoms with Gasteiger partial charge in [-0.2, -0.15) is 4.39 Å². The van der Waals surface area contributed by atoms with Gasteiger partial charge in [-0.1, -0.05) is 11.6 Å². The molecule has 1 rings (SSSR count). The maximum atomic E-state index is 13.3. The van der Waals surface area contributed by atoms with Crippen molar-refractivity contribution < 1.29 is 18.8 Å². The maximum Gasteiger partial charge on any atom is 0.306 e. The lowest BCUT2D eigenvalue weighted by molar-refractivity contribution is -0.387. The Kier molecular flexibility index (Phi) is 5.94. The lowest BCUT2D eigenvalue weighted by Gasteiger charge is -2.07. The molecular weight excluding hydrogens is 302 g/mol. The minimum atomic E-state index is -1.09. The van der Waals surface area contributed by atoms with Gasteiger partial charge in [-0.25, -0.2) is 0 Å². The van der Waals surface area contributed by atoms with Crippen molar-refractivity contribution in [2.75, 3.05) is 24.4 Å². The van der Waals surface area contributed by atoms with Gasteiger partial charge >= 0.3 is 5.69 Å². The summed E-state index contributed by atoms with van der Waals surface area (Å²) in [4.78, 5) is 20.9. The highest BCUT2D eigenvalue weighted by atomic mass is 35.5. The van der Waals surface area contributed by atoms with Crippen LogP contribution in [0.3, 0.4) is 0 Å². The van der Waals surface area contributed by atoms with Crippen molar-refractivity contribution in [1.29, 1.82) is 0 Å². The largest absolute Gasteiger partial charge is 0.370 e. The van der Waals surface area contributed by atoms with Crippen molar-refractivity contribution >= 4 is 40.5 Å². The molecule has 0 unspecified atom stereocenters. The van der Waals surface area contributed by atoms with E-state index in [0.717, 1.165) is 12.1 Å². The van der Waals surface area contributed by atoms with E-state index in [1.165, 1.54) is 0 Å². The molecule has 0 aliphatic rings. The molecule has 0 aliphatic carbocycles. The molecule has 0 atom stereocenters. The summed E-state index contributed by atoms with van der Waals surface area (Å²) in [5, 5.41) is 12.6. The molecule has 0 aromatic heterocycles. The number of alkyl halides is 1. The lowest BCUT2D eigenvalue weighted by atomic mass is 10.2. The van der Waals surface area contributed by atoms with Gasteiger partial charge < -0.3 is 10.1 Å². The van der Waals surface area contributed by atoms with E-state index in [4.69, 9.17) is 27.9 Å². The Morgan fingerprint density at radius 3 is 2.79 bits per heavy atom. The number of nitro groups is 1. The predicted molar refractivity (Wildman–Crippen MR) is 68.2 cm³/mol. The Morgan fingerprint density at radius 2 is 2.21 bits per heavy atom. The number of nitro benzene ring substituents is 1. The highest BCUT2D eigenvalue weighted by Gasteiger charge is 2.18. The quantitative estimate of drug-likeness (QED) is 0.379. The zero-order valence-corrected chi connectivity index (χ0v) is 11.0. The van der Waals surface area contributed by atoms with Crippen LogP contribution in [0.25, 0.3) is 0 Å². The van der Waals surface area contributed by atoms with E-state index in [9.17, 15) is 19.3 Å². The minimum Gasteiger partial charge on any atom is -0.370 e. The first kappa shape index (κ1) is 15.6. The molecule has 6 nitrogen and oxygen atoms in total. The van der Waals surface area contributed by atoms with Gasteiger partial charge in [0.25, 0.3) is 0 Å². The van der Waals surface area contributed by atoms with E-state index in [2.05, 4.69) is 5.32 Å². The fourth-order valence-corrected chi connectivity index (χ4v) is 1.49. The first-order valence-corrected chi connectivity index (χ1v) is 5.94. The van der Waals surface area contributed by atoms with Crippen molar-refractivity contribution in [3.63, 3.8) is 0 Å². The number of anilines is 1. The molecule has 1 aromatic rings. The summed E-state index contributed by atoms with van der Waals surface area (Å²) in [6.07, 6.45) is 0. The van der Waals surface area contributed by atoms with Crippen LogP contribution < -0.4 is 5.32 Å². The van der Waals surface area contributed by atoms with E-state index >= 15 is 0 Å². The fourth-order valence-electron chi connectivity index (χ4n) is 1.18. The number of carbonyl (C=O) groups excluding carboxylic acids is 1. The van der Waals surface area contributed by atoms with Crippen LogP contribution in [-0.4, -0.2) is 29.9 Å². The van der Waals surface area contributed by atoms with Crippen molar-refractivity contribution in [1.82, 2.24) is 0 Å². The Morgan fingerprint density at radius 1 is 1.53 bits per heavy atom. The second-order valence-electron chi connectivity index (χ2n) is 3.33. The lowest BCUT2D eigenvalue weighted by Crippen LogP contribution is -2.19. The Labute approximate surface area is 117 Å². The average molecular weight is 311 g/mol. The van der Waals surface area contributed by atoms with Crippen LogP contribution in [0.2, 0.25) is 5.02 Å². The molecule has 0 spiro atoms. The normalized spacial score (nSPS) is 10.3. The van der Waals surface area contributed by atoms with Crippen molar-refractivity contribution in [3.8, 4) is 0 Å². The number of rotatable bonds is 6. The Bertz CT molecular complexity index is 499. The number of amides is 1. The summed E-state index contributed by atoms with van der Waals surface area (Å²) in [6, 6.07) is 1.60. The second-order valence-corrected chi connectivity index (χ2v) is 4.12. The molecule has 1 amide bonds. The monoisotopic (exact) mass is 310 g/mol. The van der Waals surface area contributed by atoms with Gasteiger partial charge in [-0.05, 0) is 0 Å². The second kappa shape index (κ2) is 7.22. The number of nitrogens with zero attached hydrogens (tertiary/aromatic N) is 1. The number of nitrogens with one attached hydrogen (secondary N) is 1. The molecule has 9 heteroatoms. The number of halogens is 3. The summed E-state index contributed by atoms with van der Waals surface area (Å²) in [6.45, 7) is -0.0843. The van der Waals surface area contributed by atoms with E-state index in [0.29, 0.717) is 0 Å². The number of benzene rings is 1. The third kappa shape index (κ3) is 4.62.